The van der Waals surface area contributed by atoms with E-state index in [1.807, 2.05) is 20.8 Å². The zero-order valence-corrected chi connectivity index (χ0v) is 22.2. The van der Waals surface area contributed by atoms with Gasteiger partial charge < -0.3 is 23.7 Å². The Labute approximate surface area is 196 Å². The highest BCUT2D eigenvalue weighted by molar-refractivity contribution is 5.76. The average molecular weight is 457 g/mol. The number of carbonyl (C=O) groups excluding carboxylic acids is 1. The van der Waals surface area contributed by atoms with Crippen LogP contribution in [0.1, 0.15) is 93.9 Å². The fourth-order valence-electron chi connectivity index (χ4n) is 5.43. The van der Waals surface area contributed by atoms with E-state index in [1.165, 1.54) is 0 Å². The van der Waals surface area contributed by atoms with E-state index in [1.54, 1.807) is 14.2 Å². The summed E-state index contributed by atoms with van der Waals surface area (Å²) >= 11 is 0. The molecule has 0 aromatic carbocycles. The van der Waals surface area contributed by atoms with Crippen molar-refractivity contribution in [1.82, 2.24) is 0 Å². The van der Waals surface area contributed by atoms with Crippen LogP contribution >= 0.6 is 0 Å². The summed E-state index contributed by atoms with van der Waals surface area (Å²) in [5.41, 5.74) is -1.55. The van der Waals surface area contributed by atoms with Gasteiger partial charge in [-0.3, -0.25) is 4.79 Å². The summed E-state index contributed by atoms with van der Waals surface area (Å²) in [6.45, 7) is 16.5. The van der Waals surface area contributed by atoms with Crippen LogP contribution in [0.25, 0.3) is 0 Å². The van der Waals surface area contributed by atoms with Gasteiger partial charge in [0.05, 0.1) is 17.1 Å². The molecule has 2 aliphatic carbocycles. The number of fused-ring (bicyclic) bond motifs is 2. The van der Waals surface area contributed by atoms with Crippen LogP contribution in [0.5, 0.6) is 0 Å². The maximum Gasteiger partial charge on any atom is 0.312 e. The SMILES string of the molecule is CCC(C)(C)C(=O)OC12CC(CC(OC(OC)C(C)C)C1)CC(C)(OC(OC)C(C)C)C2. The molecular formula is C26H48O6. The Balaban J connectivity index is 2.31. The number of carbonyl (C=O) groups is 1. The number of rotatable bonds is 11. The molecule has 6 unspecified atom stereocenters. The molecule has 6 heteroatoms. The largest absolute Gasteiger partial charge is 0.458 e. The Morgan fingerprint density at radius 1 is 1.00 bits per heavy atom. The van der Waals surface area contributed by atoms with Gasteiger partial charge in [0.2, 0.25) is 0 Å². The molecule has 0 aliphatic heterocycles. The Hall–Kier alpha value is -0.690. The zero-order valence-electron chi connectivity index (χ0n) is 22.2. The van der Waals surface area contributed by atoms with Crippen LogP contribution in [-0.4, -0.2) is 50.1 Å². The first kappa shape index (κ1) is 27.6. The minimum absolute atomic E-state index is 0.00786. The standard InChI is InChI=1S/C26H48O6/c1-11-24(6,7)23(27)32-26-14-19(12-20(15-26)30-21(28-9)17(2)3)13-25(8,16-26)31-22(29-10)18(4)5/h17-22H,11-16H2,1-10H3. The molecule has 2 aliphatic rings. The highest BCUT2D eigenvalue weighted by atomic mass is 16.7. The molecule has 0 aromatic rings. The molecule has 0 radical (unpaired) electrons. The Kier molecular flexibility index (Phi) is 9.22. The van der Waals surface area contributed by atoms with Crippen molar-refractivity contribution in [3.63, 3.8) is 0 Å². The number of esters is 1. The molecule has 32 heavy (non-hydrogen) atoms. The van der Waals surface area contributed by atoms with Gasteiger partial charge in [-0.2, -0.15) is 0 Å². The van der Waals surface area contributed by atoms with Gasteiger partial charge in [-0.05, 0) is 52.4 Å². The van der Waals surface area contributed by atoms with E-state index in [0.29, 0.717) is 18.8 Å². The van der Waals surface area contributed by atoms with Crippen molar-refractivity contribution in [3.8, 4) is 0 Å². The van der Waals surface area contributed by atoms with Crippen molar-refractivity contribution >= 4 is 5.97 Å². The summed E-state index contributed by atoms with van der Waals surface area (Å²) in [5.74, 6) is 0.699. The van der Waals surface area contributed by atoms with Crippen molar-refractivity contribution in [2.24, 2.45) is 23.2 Å². The number of methoxy groups -OCH3 is 2. The van der Waals surface area contributed by atoms with Crippen molar-refractivity contribution in [2.45, 2.75) is 124 Å². The molecule has 2 bridgehead atoms. The normalized spacial score (nSPS) is 32.8. The van der Waals surface area contributed by atoms with E-state index in [0.717, 1.165) is 25.7 Å². The fourth-order valence-corrected chi connectivity index (χ4v) is 5.43. The molecular weight excluding hydrogens is 408 g/mol. The molecule has 0 aromatic heterocycles. The zero-order chi connectivity index (χ0) is 24.3. The monoisotopic (exact) mass is 456 g/mol. The molecule has 0 spiro atoms. The lowest BCUT2D eigenvalue weighted by molar-refractivity contribution is -0.269. The van der Waals surface area contributed by atoms with Crippen molar-refractivity contribution in [3.05, 3.63) is 0 Å². The summed E-state index contributed by atoms with van der Waals surface area (Å²) in [5, 5.41) is 0. The molecule has 0 saturated heterocycles. The number of ether oxygens (including phenoxy) is 5. The van der Waals surface area contributed by atoms with Gasteiger partial charge in [0, 0.05) is 38.9 Å². The van der Waals surface area contributed by atoms with Gasteiger partial charge in [-0.1, -0.05) is 34.6 Å². The Bertz CT molecular complexity index is 617. The molecule has 0 N–H and O–H groups in total. The lowest BCUT2D eigenvalue weighted by atomic mass is 9.62. The smallest absolute Gasteiger partial charge is 0.312 e. The summed E-state index contributed by atoms with van der Waals surface area (Å²) in [4.78, 5) is 13.2. The van der Waals surface area contributed by atoms with E-state index in [-0.39, 0.29) is 36.5 Å². The van der Waals surface area contributed by atoms with Gasteiger partial charge in [-0.25, -0.2) is 0 Å². The van der Waals surface area contributed by atoms with Crippen LogP contribution in [-0.2, 0) is 28.5 Å². The number of hydrogen-bond acceptors (Lipinski definition) is 6. The van der Waals surface area contributed by atoms with Crippen LogP contribution in [0.15, 0.2) is 0 Å². The number of hydrogen-bond donors (Lipinski definition) is 0. The highest BCUT2D eigenvalue weighted by Crippen LogP contribution is 2.52. The predicted octanol–water partition coefficient (Wildman–Crippen LogP) is 5.72. The second-order valence-corrected chi connectivity index (χ2v) is 11.7. The Morgan fingerprint density at radius 3 is 2.09 bits per heavy atom. The second kappa shape index (κ2) is 10.7. The van der Waals surface area contributed by atoms with E-state index >= 15 is 0 Å². The minimum atomic E-state index is -0.603. The van der Waals surface area contributed by atoms with Crippen LogP contribution in [0.3, 0.4) is 0 Å². The van der Waals surface area contributed by atoms with Gasteiger partial charge in [0.15, 0.2) is 12.6 Å². The van der Waals surface area contributed by atoms with Gasteiger partial charge in [0.1, 0.15) is 5.60 Å². The quantitative estimate of drug-likeness (QED) is 0.293. The van der Waals surface area contributed by atoms with Crippen molar-refractivity contribution in [2.75, 3.05) is 14.2 Å². The summed E-state index contributed by atoms with van der Waals surface area (Å²) < 4.78 is 30.5. The molecule has 2 rings (SSSR count). The topological polar surface area (TPSA) is 63.2 Å². The van der Waals surface area contributed by atoms with Crippen molar-refractivity contribution < 1.29 is 28.5 Å². The van der Waals surface area contributed by atoms with E-state index < -0.39 is 16.6 Å². The summed E-state index contributed by atoms with van der Waals surface area (Å²) in [6.07, 6.45) is 4.16. The maximum absolute atomic E-state index is 13.2. The summed E-state index contributed by atoms with van der Waals surface area (Å²) in [6, 6.07) is 0. The Morgan fingerprint density at radius 2 is 1.59 bits per heavy atom. The van der Waals surface area contributed by atoms with Crippen LogP contribution in [0.2, 0.25) is 0 Å². The van der Waals surface area contributed by atoms with Crippen LogP contribution < -0.4 is 0 Å². The second-order valence-electron chi connectivity index (χ2n) is 11.7. The molecule has 0 heterocycles. The minimum Gasteiger partial charge on any atom is -0.458 e. The highest BCUT2D eigenvalue weighted by Gasteiger charge is 2.55. The lowest BCUT2D eigenvalue weighted by Gasteiger charge is -2.54. The molecule has 0 amide bonds. The van der Waals surface area contributed by atoms with E-state index in [2.05, 4.69) is 34.6 Å². The average Bonchev–Trinajstić information content (AvgIpc) is 2.68. The molecule has 6 nitrogen and oxygen atoms in total. The van der Waals surface area contributed by atoms with Crippen LogP contribution in [0, 0.1) is 23.2 Å². The third-order valence-corrected chi connectivity index (χ3v) is 7.30. The van der Waals surface area contributed by atoms with Gasteiger partial charge in [-0.15, -0.1) is 0 Å². The van der Waals surface area contributed by atoms with Crippen LogP contribution in [0.4, 0.5) is 0 Å². The van der Waals surface area contributed by atoms with E-state index in [9.17, 15) is 4.79 Å². The van der Waals surface area contributed by atoms with Gasteiger partial charge in [0.25, 0.3) is 0 Å². The maximum atomic E-state index is 13.2. The first-order valence-electron chi connectivity index (χ1n) is 12.4. The first-order chi connectivity index (χ1) is 14.8. The lowest BCUT2D eigenvalue weighted by Crippen LogP contribution is -2.58. The molecule has 6 atom stereocenters. The molecule has 2 saturated carbocycles. The predicted molar refractivity (Wildman–Crippen MR) is 125 cm³/mol. The first-order valence-corrected chi connectivity index (χ1v) is 12.4. The van der Waals surface area contributed by atoms with E-state index in [4.69, 9.17) is 23.7 Å². The molecule has 188 valence electrons. The van der Waals surface area contributed by atoms with Gasteiger partial charge >= 0.3 is 5.97 Å². The third-order valence-electron chi connectivity index (χ3n) is 7.30. The van der Waals surface area contributed by atoms with Crippen molar-refractivity contribution in [1.29, 1.82) is 0 Å². The molecule has 2 fully saturated rings. The third kappa shape index (κ3) is 6.68. The summed E-state index contributed by atoms with van der Waals surface area (Å²) in [7, 11) is 3.38. The fraction of sp³-hybridized carbons (Fsp3) is 0.962.